The van der Waals surface area contributed by atoms with Crippen LogP contribution < -0.4 is 5.32 Å². The number of hydrogen-bond donors (Lipinski definition) is 1. The number of hydrogen-bond acceptors (Lipinski definition) is 3. The predicted octanol–water partition coefficient (Wildman–Crippen LogP) is 2.70. The first-order valence-electron chi connectivity index (χ1n) is 6.40. The predicted molar refractivity (Wildman–Crippen MR) is 81.4 cm³/mol. The van der Waals surface area contributed by atoms with Gasteiger partial charge in [0.25, 0.3) is 0 Å². The maximum atomic E-state index is 13.7. The molecule has 1 rings (SSSR count). The van der Waals surface area contributed by atoms with E-state index in [1.807, 2.05) is 0 Å². The van der Waals surface area contributed by atoms with Gasteiger partial charge >= 0.3 is 0 Å². The van der Waals surface area contributed by atoms with E-state index in [1.165, 1.54) is 19.1 Å². The number of benzene rings is 1. The largest absolute Gasteiger partial charge is 0.350 e. The normalized spacial score (nSPS) is 13.8. The molecule has 0 heterocycles. The molecule has 0 aromatic heterocycles. The summed E-state index contributed by atoms with van der Waals surface area (Å²) in [5.74, 6) is -1.93. The first kappa shape index (κ1) is 17.9. The highest BCUT2D eigenvalue weighted by molar-refractivity contribution is 7.92. The van der Waals surface area contributed by atoms with Crippen LogP contribution in [-0.2, 0) is 20.4 Å². The summed E-state index contributed by atoms with van der Waals surface area (Å²) in [5, 5.41) is 1.34. The molecule has 0 spiro atoms. The standard InChI is InChI=1S/C14H19ClFNO3S/c1-9(13(18)17-14(2,3)4)21(19,20)8-10-11(15)6-5-7-12(10)16/h5-7,9H,8H2,1-4H3,(H,17,18). The Hall–Kier alpha value is -1.14. The van der Waals surface area contributed by atoms with Crippen LogP contribution in [0.3, 0.4) is 0 Å². The minimum absolute atomic E-state index is 0.0296. The molecule has 0 fully saturated rings. The molecule has 118 valence electrons. The summed E-state index contributed by atoms with van der Waals surface area (Å²) in [6.45, 7) is 6.53. The molecule has 0 saturated carbocycles. The van der Waals surface area contributed by atoms with Crippen LogP contribution in [0.4, 0.5) is 4.39 Å². The molecule has 1 amide bonds. The SMILES string of the molecule is CC(C(=O)NC(C)(C)C)S(=O)(=O)Cc1c(F)cccc1Cl. The van der Waals surface area contributed by atoms with Gasteiger partial charge in [-0.25, -0.2) is 12.8 Å². The molecule has 0 radical (unpaired) electrons. The van der Waals surface area contributed by atoms with Crippen molar-refractivity contribution in [3.8, 4) is 0 Å². The second kappa shape index (κ2) is 6.32. The minimum Gasteiger partial charge on any atom is -0.350 e. The molecule has 0 aliphatic heterocycles. The molecule has 1 aromatic carbocycles. The van der Waals surface area contributed by atoms with Crippen molar-refractivity contribution in [3.05, 3.63) is 34.6 Å². The quantitative estimate of drug-likeness (QED) is 0.920. The third kappa shape index (κ3) is 4.97. The van der Waals surface area contributed by atoms with Crippen LogP contribution in [0, 0.1) is 5.82 Å². The first-order chi connectivity index (χ1) is 9.44. The maximum Gasteiger partial charge on any atom is 0.238 e. The average molecular weight is 336 g/mol. The van der Waals surface area contributed by atoms with Gasteiger partial charge in [0.15, 0.2) is 9.84 Å². The lowest BCUT2D eigenvalue weighted by molar-refractivity contribution is -0.121. The van der Waals surface area contributed by atoms with E-state index >= 15 is 0 Å². The van der Waals surface area contributed by atoms with E-state index in [4.69, 9.17) is 11.6 Å². The third-order valence-electron chi connectivity index (χ3n) is 2.81. The number of amides is 1. The fourth-order valence-corrected chi connectivity index (χ4v) is 3.27. The minimum atomic E-state index is -3.87. The van der Waals surface area contributed by atoms with Crippen molar-refractivity contribution < 1.29 is 17.6 Å². The summed E-state index contributed by atoms with van der Waals surface area (Å²) in [6, 6.07) is 3.94. The van der Waals surface area contributed by atoms with Crippen molar-refractivity contribution in [2.45, 2.75) is 44.2 Å². The van der Waals surface area contributed by atoms with Crippen LogP contribution in [0.5, 0.6) is 0 Å². The van der Waals surface area contributed by atoms with Crippen molar-refractivity contribution in [1.29, 1.82) is 0 Å². The first-order valence-corrected chi connectivity index (χ1v) is 8.50. The molecule has 0 bridgehead atoms. The third-order valence-corrected chi connectivity index (χ3v) is 5.15. The van der Waals surface area contributed by atoms with Crippen molar-refractivity contribution in [2.75, 3.05) is 0 Å². The number of carbonyl (C=O) groups is 1. The van der Waals surface area contributed by atoms with Crippen molar-refractivity contribution in [3.63, 3.8) is 0 Å². The Balaban J connectivity index is 2.99. The van der Waals surface area contributed by atoms with Gasteiger partial charge in [0.1, 0.15) is 11.1 Å². The Morgan fingerprint density at radius 3 is 2.43 bits per heavy atom. The molecule has 0 aliphatic rings. The summed E-state index contributed by atoms with van der Waals surface area (Å²) in [6.07, 6.45) is 0. The lowest BCUT2D eigenvalue weighted by Gasteiger charge is -2.23. The highest BCUT2D eigenvalue weighted by Gasteiger charge is 2.31. The number of nitrogens with one attached hydrogen (secondary N) is 1. The molecule has 1 atom stereocenters. The number of halogens is 2. The van der Waals surface area contributed by atoms with Crippen LogP contribution >= 0.6 is 11.6 Å². The van der Waals surface area contributed by atoms with E-state index in [9.17, 15) is 17.6 Å². The number of sulfone groups is 1. The monoisotopic (exact) mass is 335 g/mol. The van der Waals surface area contributed by atoms with Gasteiger partial charge in [0, 0.05) is 16.1 Å². The maximum absolute atomic E-state index is 13.7. The molecule has 1 N–H and O–H groups in total. The second-order valence-electron chi connectivity index (χ2n) is 5.89. The number of rotatable bonds is 4. The van der Waals surface area contributed by atoms with Crippen LogP contribution in [-0.4, -0.2) is 25.1 Å². The average Bonchev–Trinajstić information content (AvgIpc) is 2.31. The van der Waals surface area contributed by atoms with Crippen LogP contribution in [0.2, 0.25) is 5.02 Å². The Labute approximate surface area is 129 Å². The van der Waals surface area contributed by atoms with Crippen LogP contribution in [0.25, 0.3) is 0 Å². The lowest BCUT2D eigenvalue weighted by Crippen LogP contribution is -2.47. The molecule has 4 nitrogen and oxygen atoms in total. The summed E-state index contributed by atoms with van der Waals surface area (Å²) < 4.78 is 38.2. The van der Waals surface area contributed by atoms with E-state index in [0.717, 1.165) is 6.07 Å². The molecule has 21 heavy (non-hydrogen) atoms. The number of carbonyl (C=O) groups excluding carboxylic acids is 1. The summed E-state index contributed by atoms with van der Waals surface area (Å²) >= 11 is 5.82. The van der Waals surface area contributed by atoms with Crippen LogP contribution in [0.1, 0.15) is 33.3 Å². The Morgan fingerprint density at radius 2 is 1.95 bits per heavy atom. The fraction of sp³-hybridized carbons (Fsp3) is 0.500. The van der Waals surface area contributed by atoms with Gasteiger partial charge in [0.2, 0.25) is 5.91 Å². The fourth-order valence-electron chi connectivity index (χ4n) is 1.63. The topological polar surface area (TPSA) is 63.2 Å². The van der Waals surface area contributed by atoms with Gasteiger partial charge in [-0.1, -0.05) is 17.7 Å². The van der Waals surface area contributed by atoms with E-state index in [0.29, 0.717) is 0 Å². The van der Waals surface area contributed by atoms with Gasteiger partial charge < -0.3 is 5.32 Å². The van der Waals surface area contributed by atoms with Gasteiger partial charge in [0.05, 0.1) is 5.75 Å². The smallest absolute Gasteiger partial charge is 0.238 e. The zero-order valence-electron chi connectivity index (χ0n) is 12.4. The van der Waals surface area contributed by atoms with Crippen molar-refractivity contribution in [2.24, 2.45) is 0 Å². The van der Waals surface area contributed by atoms with Gasteiger partial charge in [-0.2, -0.15) is 0 Å². The highest BCUT2D eigenvalue weighted by atomic mass is 35.5. The molecule has 7 heteroatoms. The van der Waals surface area contributed by atoms with Crippen molar-refractivity contribution in [1.82, 2.24) is 5.32 Å². The zero-order valence-corrected chi connectivity index (χ0v) is 14.0. The lowest BCUT2D eigenvalue weighted by atomic mass is 10.1. The molecular formula is C14H19ClFNO3S. The van der Waals surface area contributed by atoms with E-state index < -0.39 is 38.1 Å². The molecule has 0 aliphatic carbocycles. The Morgan fingerprint density at radius 1 is 1.38 bits per heavy atom. The van der Waals surface area contributed by atoms with E-state index in [-0.39, 0.29) is 10.6 Å². The Bertz CT molecular complexity index is 618. The molecular weight excluding hydrogens is 317 g/mol. The molecule has 1 aromatic rings. The van der Waals surface area contributed by atoms with E-state index in [2.05, 4.69) is 5.32 Å². The highest BCUT2D eigenvalue weighted by Crippen LogP contribution is 2.23. The second-order valence-corrected chi connectivity index (χ2v) is 8.62. The van der Waals surface area contributed by atoms with Gasteiger partial charge in [-0.15, -0.1) is 0 Å². The summed E-state index contributed by atoms with van der Waals surface area (Å²) in [7, 11) is -3.87. The van der Waals surface area contributed by atoms with Crippen molar-refractivity contribution >= 4 is 27.3 Å². The Kier molecular flexibility index (Phi) is 5.39. The van der Waals surface area contributed by atoms with E-state index in [1.54, 1.807) is 20.8 Å². The van der Waals surface area contributed by atoms with Gasteiger partial charge in [-0.3, -0.25) is 4.79 Å². The summed E-state index contributed by atoms with van der Waals surface area (Å²) in [5.41, 5.74) is -0.661. The molecule has 0 saturated heterocycles. The summed E-state index contributed by atoms with van der Waals surface area (Å²) in [4.78, 5) is 11.9. The zero-order chi connectivity index (χ0) is 16.4. The molecule has 1 unspecified atom stereocenters. The van der Waals surface area contributed by atoms with Crippen LogP contribution in [0.15, 0.2) is 18.2 Å². The van der Waals surface area contributed by atoms with Gasteiger partial charge in [-0.05, 0) is 39.8 Å².